The predicted molar refractivity (Wildman–Crippen MR) is 56.6 cm³/mol. The van der Waals surface area contributed by atoms with Crippen LogP contribution in [0, 0.1) is 11.6 Å². The van der Waals surface area contributed by atoms with E-state index < -0.39 is 30.2 Å². The molecule has 0 bridgehead atoms. The first-order chi connectivity index (χ1) is 7.99. The molecule has 1 aromatic rings. The number of ether oxygens (including phenoxy) is 1. The van der Waals surface area contributed by atoms with E-state index in [0.717, 1.165) is 12.1 Å². The molecule has 1 rings (SSSR count). The Kier molecular flexibility index (Phi) is 4.39. The molecule has 1 unspecified atom stereocenters. The van der Waals surface area contributed by atoms with Crippen molar-refractivity contribution in [2.24, 2.45) is 0 Å². The zero-order valence-electron chi connectivity index (χ0n) is 9.46. The zero-order valence-corrected chi connectivity index (χ0v) is 9.46. The van der Waals surface area contributed by atoms with Crippen molar-refractivity contribution >= 4 is 5.91 Å². The number of aliphatic hydroxyl groups is 1. The Morgan fingerprint density at radius 1 is 1.47 bits per heavy atom. The van der Waals surface area contributed by atoms with Gasteiger partial charge in [-0.1, -0.05) is 0 Å². The molecule has 0 radical (unpaired) electrons. The zero-order chi connectivity index (χ0) is 13.0. The number of halogens is 2. The standard InChI is InChI=1S/C11H13F2NO3/c1-6(16)14-10(5-15)7-3-9(13)11(17-2)4-8(7)12/h3-4,10,15H,5H2,1-2H3,(H,14,16). The highest BCUT2D eigenvalue weighted by molar-refractivity contribution is 5.73. The number of rotatable bonds is 4. The van der Waals surface area contributed by atoms with Gasteiger partial charge >= 0.3 is 0 Å². The number of nitrogens with one attached hydrogen (secondary N) is 1. The average Bonchev–Trinajstić information content (AvgIpc) is 2.28. The molecule has 0 fully saturated rings. The fourth-order valence-corrected chi connectivity index (χ4v) is 1.43. The number of carbonyl (C=O) groups is 1. The maximum Gasteiger partial charge on any atom is 0.217 e. The summed E-state index contributed by atoms with van der Waals surface area (Å²) < 4.78 is 31.6. The highest BCUT2D eigenvalue weighted by atomic mass is 19.1. The van der Waals surface area contributed by atoms with Crippen molar-refractivity contribution in [3.63, 3.8) is 0 Å². The van der Waals surface area contributed by atoms with Crippen LogP contribution in [0.2, 0.25) is 0 Å². The summed E-state index contributed by atoms with van der Waals surface area (Å²) in [6.07, 6.45) is 0. The summed E-state index contributed by atoms with van der Waals surface area (Å²) in [5.41, 5.74) is -0.124. The maximum atomic E-state index is 13.6. The van der Waals surface area contributed by atoms with E-state index in [1.165, 1.54) is 14.0 Å². The van der Waals surface area contributed by atoms with E-state index in [0.29, 0.717) is 0 Å². The van der Waals surface area contributed by atoms with Crippen LogP contribution in [0.1, 0.15) is 18.5 Å². The molecule has 1 atom stereocenters. The Hall–Kier alpha value is -1.69. The van der Waals surface area contributed by atoms with Crippen LogP contribution in [0.3, 0.4) is 0 Å². The van der Waals surface area contributed by atoms with Gasteiger partial charge in [0.1, 0.15) is 5.82 Å². The molecule has 1 aromatic carbocycles. The van der Waals surface area contributed by atoms with Crippen LogP contribution >= 0.6 is 0 Å². The van der Waals surface area contributed by atoms with Crippen molar-refractivity contribution in [2.45, 2.75) is 13.0 Å². The molecule has 4 nitrogen and oxygen atoms in total. The van der Waals surface area contributed by atoms with E-state index >= 15 is 0 Å². The second-order valence-corrected chi connectivity index (χ2v) is 3.44. The van der Waals surface area contributed by atoms with E-state index in [-0.39, 0.29) is 11.3 Å². The van der Waals surface area contributed by atoms with E-state index in [1.54, 1.807) is 0 Å². The van der Waals surface area contributed by atoms with Crippen molar-refractivity contribution < 1.29 is 23.4 Å². The molecule has 6 heteroatoms. The highest BCUT2D eigenvalue weighted by Gasteiger charge is 2.19. The van der Waals surface area contributed by atoms with Gasteiger partial charge in [0.25, 0.3) is 0 Å². The van der Waals surface area contributed by atoms with Crippen molar-refractivity contribution in [1.29, 1.82) is 0 Å². The molecule has 94 valence electrons. The number of amides is 1. The molecule has 2 N–H and O–H groups in total. The summed E-state index contributed by atoms with van der Waals surface area (Å²) in [6, 6.07) is 0.785. The summed E-state index contributed by atoms with van der Waals surface area (Å²) in [5.74, 6) is -2.19. The van der Waals surface area contributed by atoms with Gasteiger partial charge in [-0.25, -0.2) is 8.78 Å². The van der Waals surface area contributed by atoms with Gasteiger partial charge < -0.3 is 15.2 Å². The average molecular weight is 245 g/mol. The minimum Gasteiger partial charge on any atom is -0.494 e. The van der Waals surface area contributed by atoms with Gasteiger partial charge in [-0.15, -0.1) is 0 Å². The first kappa shape index (κ1) is 13.4. The van der Waals surface area contributed by atoms with Crippen molar-refractivity contribution in [3.8, 4) is 5.75 Å². The molecular formula is C11H13F2NO3. The molecule has 0 aliphatic heterocycles. The Morgan fingerprint density at radius 3 is 2.59 bits per heavy atom. The Labute approximate surface area is 97.2 Å². The predicted octanol–water partition coefficient (Wildman–Crippen LogP) is 1.14. The molecule has 17 heavy (non-hydrogen) atoms. The lowest BCUT2D eigenvalue weighted by atomic mass is 10.1. The summed E-state index contributed by atoms with van der Waals surface area (Å²) in [5, 5.41) is 11.4. The summed E-state index contributed by atoms with van der Waals surface area (Å²) in [4.78, 5) is 10.8. The molecule has 0 aromatic heterocycles. The highest BCUT2D eigenvalue weighted by Crippen LogP contribution is 2.25. The van der Waals surface area contributed by atoms with Gasteiger partial charge in [-0.05, 0) is 6.07 Å². The Balaban J connectivity index is 3.11. The van der Waals surface area contributed by atoms with Crippen LogP contribution in [0.15, 0.2) is 12.1 Å². The van der Waals surface area contributed by atoms with E-state index in [1.807, 2.05) is 0 Å². The SMILES string of the molecule is COc1cc(F)c(C(CO)NC(C)=O)cc1F. The number of hydrogen-bond donors (Lipinski definition) is 2. The van der Waals surface area contributed by atoms with Crippen LogP contribution < -0.4 is 10.1 Å². The molecule has 0 aliphatic rings. The van der Waals surface area contributed by atoms with Crippen molar-refractivity contribution in [1.82, 2.24) is 5.32 Å². The summed E-state index contributed by atoms with van der Waals surface area (Å²) in [7, 11) is 1.22. The largest absolute Gasteiger partial charge is 0.494 e. The Morgan fingerprint density at radius 2 is 2.12 bits per heavy atom. The number of hydrogen-bond acceptors (Lipinski definition) is 3. The van der Waals surface area contributed by atoms with E-state index in [9.17, 15) is 13.6 Å². The van der Waals surface area contributed by atoms with Crippen LogP contribution in [0.4, 0.5) is 8.78 Å². The van der Waals surface area contributed by atoms with Crippen LogP contribution in [0.25, 0.3) is 0 Å². The monoisotopic (exact) mass is 245 g/mol. The molecule has 0 aliphatic carbocycles. The minimum absolute atomic E-state index is 0.124. The normalized spacial score (nSPS) is 12.1. The van der Waals surface area contributed by atoms with Gasteiger partial charge in [0.05, 0.1) is 19.8 Å². The molecule has 1 amide bonds. The van der Waals surface area contributed by atoms with Crippen molar-refractivity contribution in [3.05, 3.63) is 29.3 Å². The van der Waals surface area contributed by atoms with Crippen molar-refractivity contribution in [2.75, 3.05) is 13.7 Å². The fraction of sp³-hybridized carbons (Fsp3) is 0.364. The van der Waals surface area contributed by atoms with Gasteiger partial charge in [0.2, 0.25) is 5.91 Å². The lowest BCUT2D eigenvalue weighted by Gasteiger charge is -2.17. The molecule has 0 heterocycles. The van der Waals surface area contributed by atoms with Gasteiger partial charge in [0, 0.05) is 18.6 Å². The first-order valence-corrected chi connectivity index (χ1v) is 4.90. The van der Waals surface area contributed by atoms with Crippen LogP contribution in [0.5, 0.6) is 5.75 Å². The van der Waals surface area contributed by atoms with Gasteiger partial charge in [0.15, 0.2) is 11.6 Å². The Bertz CT molecular complexity index is 423. The van der Waals surface area contributed by atoms with E-state index in [2.05, 4.69) is 10.1 Å². The number of benzene rings is 1. The second kappa shape index (κ2) is 5.58. The van der Waals surface area contributed by atoms with Gasteiger partial charge in [-0.2, -0.15) is 0 Å². The summed E-state index contributed by atoms with van der Waals surface area (Å²) in [6.45, 7) is 0.697. The van der Waals surface area contributed by atoms with Crippen LogP contribution in [-0.4, -0.2) is 24.7 Å². The first-order valence-electron chi connectivity index (χ1n) is 4.90. The maximum absolute atomic E-state index is 13.6. The van der Waals surface area contributed by atoms with Crippen LogP contribution in [-0.2, 0) is 4.79 Å². The summed E-state index contributed by atoms with van der Waals surface area (Å²) >= 11 is 0. The quantitative estimate of drug-likeness (QED) is 0.836. The number of aliphatic hydroxyl groups excluding tert-OH is 1. The second-order valence-electron chi connectivity index (χ2n) is 3.44. The van der Waals surface area contributed by atoms with Gasteiger partial charge in [-0.3, -0.25) is 4.79 Å². The topological polar surface area (TPSA) is 58.6 Å². The minimum atomic E-state index is -0.979. The molecule has 0 saturated carbocycles. The molecule has 0 saturated heterocycles. The lowest BCUT2D eigenvalue weighted by molar-refractivity contribution is -0.120. The third-order valence-corrected chi connectivity index (χ3v) is 2.21. The fourth-order valence-electron chi connectivity index (χ4n) is 1.43. The molecule has 0 spiro atoms. The number of carbonyl (C=O) groups excluding carboxylic acids is 1. The lowest BCUT2D eigenvalue weighted by Crippen LogP contribution is -2.29. The third kappa shape index (κ3) is 3.13. The molecular weight excluding hydrogens is 232 g/mol. The third-order valence-electron chi connectivity index (χ3n) is 2.21. The van der Waals surface area contributed by atoms with E-state index in [4.69, 9.17) is 5.11 Å². The smallest absolute Gasteiger partial charge is 0.217 e. The number of methoxy groups -OCH3 is 1.